The number of carbonyl (C=O) groups excluding carboxylic acids is 1. The maximum atomic E-state index is 12.5. The van der Waals surface area contributed by atoms with E-state index in [1.807, 2.05) is 14.0 Å². The highest BCUT2D eigenvalue weighted by atomic mass is 32.2. The molecule has 23 heavy (non-hydrogen) atoms. The number of hydrogen-bond acceptors (Lipinski definition) is 3. The molecule has 128 valence electrons. The Balaban J connectivity index is 2.00. The Morgan fingerprint density at radius 1 is 1.22 bits per heavy atom. The second kappa shape index (κ2) is 7.45. The van der Waals surface area contributed by atoms with E-state index in [0.29, 0.717) is 12.3 Å². The van der Waals surface area contributed by atoms with Crippen LogP contribution in [0.3, 0.4) is 0 Å². The fourth-order valence-corrected chi connectivity index (χ4v) is 3.67. The number of nitrogens with two attached hydrogens (primary N) is 1. The van der Waals surface area contributed by atoms with Gasteiger partial charge in [-0.2, -0.15) is 0 Å². The number of benzene rings is 1. The fourth-order valence-electron chi connectivity index (χ4n) is 3.16. The minimum absolute atomic E-state index is 0.0876. The van der Waals surface area contributed by atoms with Crippen molar-refractivity contribution in [3.8, 4) is 0 Å². The van der Waals surface area contributed by atoms with Gasteiger partial charge >= 0.3 is 0 Å². The molecule has 0 heterocycles. The molecule has 1 saturated carbocycles. The quantitative estimate of drug-likeness (QED) is 0.896. The van der Waals surface area contributed by atoms with Gasteiger partial charge in [0.05, 0.1) is 10.9 Å². The van der Waals surface area contributed by atoms with Crippen molar-refractivity contribution in [2.75, 3.05) is 7.05 Å². The first-order valence-electron chi connectivity index (χ1n) is 8.17. The van der Waals surface area contributed by atoms with E-state index < -0.39 is 10.0 Å². The Hall–Kier alpha value is -1.40. The number of hydrogen-bond donors (Lipinski definition) is 1. The Morgan fingerprint density at radius 3 is 2.30 bits per heavy atom. The van der Waals surface area contributed by atoms with Gasteiger partial charge in [0.25, 0.3) is 0 Å². The molecule has 6 heteroatoms. The van der Waals surface area contributed by atoms with Crippen molar-refractivity contribution >= 4 is 15.9 Å². The number of sulfonamides is 1. The molecule has 1 amide bonds. The van der Waals surface area contributed by atoms with E-state index in [1.54, 1.807) is 17.0 Å². The van der Waals surface area contributed by atoms with Crippen LogP contribution in [0.25, 0.3) is 0 Å². The summed E-state index contributed by atoms with van der Waals surface area (Å²) in [5.41, 5.74) is 0.900. The zero-order valence-corrected chi connectivity index (χ0v) is 14.7. The molecule has 0 bridgehead atoms. The standard InChI is InChI=1S/C17H26N2O3S/c1-13(15-8-10-16(11-9-15)23(18,21)22)19(2)17(20)12-14-6-4-3-5-7-14/h8-11,13-14H,3-7,12H2,1-2H3,(H2,18,21,22)/t13-/m1/s1. The van der Waals surface area contributed by atoms with E-state index in [-0.39, 0.29) is 16.8 Å². The Bertz CT molecular complexity index is 634. The molecular weight excluding hydrogens is 312 g/mol. The van der Waals surface area contributed by atoms with E-state index in [2.05, 4.69) is 0 Å². The lowest BCUT2D eigenvalue weighted by Crippen LogP contribution is -2.31. The van der Waals surface area contributed by atoms with E-state index >= 15 is 0 Å². The summed E-state index contributed by atoms with van der Waals surface area (Å²) in [6, 6.07) is 6.31. The van der Waals surface area contributed by atoms with Gasteiger partial charge in [-0.05, 0) is 43.4 Å². The predicted molar refractivity (Wildman–Crippen MR) is 90.2 cm³/mol. The van der Waals surface area contributed by atoms with Gasteiger partial charge in [-0.1, -0.05) is 31.4 Å². The smallest absolute Gasteiger partial charge is 0.238 e. The largest absolute Gasteiger partial charge is 0.339 e. The Kier molecular flexibility index (Phi) is 5.81. The average molecular weight is 338 g/mol. The lowest BCUT2D eigenvalue weighted by Gasteiger charge is -2.28. The van der Waals surface area contributed by atoms with Gasteiger partial charge < -0.3 is 4.90 Å². The summed E-state index contributed by atoms with van der Waals surface area (Å²) in [4.78, 5) is 14.3. The molecule has 0 unspecified atom stereocenters. The zero-order chi connectivity index (χ0) is 17.0. The van der Waals surface area contributed by atoms with E-state index in [9.17, 15) is 13.2 Å². The van der Waals surface area contributed by atoms with Gasteiger partial charge in [0.15, 0.2) is 0 Å². The molecule has 0 radical (unpaired) electrons. The molecule has 1 aromatic rings. The van der Waals surface area contributed by atoms with Crippen LogP contribution in [0, 0.1) is 5.92 Å². The Morgan fingerprint density at radius 2 is 1.78 bits per heavy atom. The highest BCUT2D eigenvalue weighted by Crippen LogP contribution is 2.28. The fraction of sp³-hybridized carbons (Fsp3) is 0.588. The number of nitrogens with zero attached hydrogens (tertiary/aromatic N) is 1. The molecule has 1 fully saturated rings. The molecule has 1 aliphatic rings. The summed E-state index contributed by atoms with van der Waals surface area (Å²) in [7, 11) is -1.87. The van der Waals surface area contributed by atoms with Crippen LogP contribution in [-0.4, -0.2) is 26.3 Å². The van der Waals surface area contributed by atoms with Crippen LogP contribution < -0.4 is 5.14 Å². The lowest BCUT2D eigenvalue weighted by molar-refractivity contribution is -0.133. The van der Waals surface area contributed by atoms with E-state index in [1.165, 1.54) is 31.4 Å². The van der Waals surface area contributed by atoms with Crippen LogP contribution in [0.5, 0.6) is 0 Å². The monoisotopic (exact) mass is 338 g/mol. The predicted octanol–water partition coefficient (Wildman–Crippen LogP) is 2.82. The normalized spacial score (nSPS) is 17.7. The lowest BCUT2D eigenvalue weighted by atomic mass is 9.86. The summed E-state index contributed by atoms with van der Waals surface area (Å²) >= 11 is 0. The van der Waals surface area contributed by atoms with Crippen molar-refractivity contribution in [3.05, 3.63) is 29.8 Å². The van der Waals surface area contributed by atoms with Crippen LogP contribution >= 0.6 is 0 Å². The number of carbonyl (C=O) groups is 1. The Labute approximate surface area is 138 Å². The molecule has 2 N–H and O–H groups in total. The van der Waals surface area contributed by atoms with Crippen molar-refractivity contribution in [1.82, 2.24) is 4.90 Å². The molecule has 0 aliphatic heterocycles. The maximum Gasteiger partial charge on any atom is 0.238 e. The topological polar surface area (TPSA) is 80.5 Å². The minimum atomic E-state index is -3.68. The number of rotatable bonds is 5. The SMILES string of the molecule is C[C@H](c1ccc(S(N)(=O)=O)cc1)N(C)C(=O)CC1CCCCC1. The first-order valence-corrected chi connectivity index (χ1v) is 9.72. The first kappa shape index (κ1) is 17.9. The molecular formula is C17H26N2O3S. The second-order valence-electron chi connectivity index (χ2n) is 6.50. The van der Waals surface area contributed by atoms with Crippen LogP contribution in [-0.2, 0) is 14.8 Å². The van der Waals surface area contributed by atoms with Crippen molar-refractivity contribution in [3.63, 3.8) is 0 Å². The minimum Gasteiger partial charge on any atom is -0.339 e. The van der Waals surface area contributed by atoms with Crippen LogP contribution in [0.4, 0.5) is 0 Å². The highest BCUT2D eigenvalue weighted by Gasteiger charge is 2.22. The van der Waals surface area contributed by atoms with Crippen molar-refractivity contribution < 1.29 is 13.2 Å². The van der Waals surface area contributed by atoms with Gasteiger partial charge in [0.2, 0.25) is 15.9 Å². The van der Waals surface area contributed by atoms with Gasteiger partial charge in [-0.25, -0.2) is 13.6 Å². The molecule has 0 spiro atoms. The van der Waals surface area contributed by atoms with Crippen molar-refractivity contribution in [1.29, 1.82) is 0 Å². The summed E-state index contributed by atoms with van der Waals surface area (Å²) in [5.74, 6) is 0.663. The third kappa shape index (κ3) is 4.78. The van der Waals surface area contributed by atoms with Gasteiger partial charge in [-0.15, -0.1) is 0 Å². The third-order valence-corrected chi connectivity index (χ3v) is 5.78. The van der Waals surface area contributed by atoms with E-state index in [4.69, 9.17) is 5.14 Å². The average Bonchev–Trinajstić information content (AvgIpc) is 2.53. The summed E-state index contributed by atoms with van der Waals surface area (Å²) in [6.07, 6.45) is 6.65. The van der Waals surface area contributed by atoms with Crippen LogP contribution in [0.15, 0.2) is 29.2 Å². The molecule has 0 aromatic heterocycles. The molecule has 2 rings (SSSR count). The molecule has 1 aliphatic carbocycles. The van der Waals surface area contributed by atoms with Gasteiger partial charge in [0.1, 0.15) is 0 Å². The summed E-state index contributed by atoms with van der Waals surface area (Å²) < 4.78 is 22.6. The van der Waals surface area contributed by atoms with Crippen molar-refractivity contribution in [2.45, 2.75) is 56.4 Å². The zero-order valence-electron chi connectivity index (χ0n) is 13.9. The molecule has 5 nitrogen and oxygen atoms in total. The third-order valence-electron chi connectivity index (χ3n) is 4.85. The first-order chi connectivity index (χ1) is 10.8. The number of amides is 1. The maximum absolute atomic E-state index is 12.5. The van der Waals surface area contributed by atoms with Crippen LogP contribution in [0.2, 0.25) is 0 Å². The van der Waals surface area contributed by atoms with Crippen LogP contribution in [0.1, 0.15) is 57.1 Å². The highest BCUT2D eigenvalue weighted by molar-refractivity contribution is 7.89. The second-order valence-corrected chi connectivity index (χ2v) is 8.06. The molecule has 0 saturated heterocycles. The molecule has 1 atom stereocenters. The van der Waals surface area contributed by atoms with E-state index in [0.717, 1.165) is 18.4 Å². The van der Waals surface area contributed by atoms with Gasteiger partial charge in [-0.3, -0.25) is 4.79 Å². The number of primary sulfonamides is 1. The van der Waals surface area contributed by atoms with Crippen molar-refractivity contribution in [2.24, 2.45) is 11.1 Å². The summed E-state index contributed by atoms with van der Waals surface area (Å²) in [6.45, 7) is 1.95. The molecule has 1 aromatic carbocycles. The van der Waals surface area contributed by atoms with Gasteiger partial charge in [0, 0.05) is 13.5 Å². The summed E-state index contributed by atoms with van der Waals surface area (Å²) in [5, 5.41) is 5.10.